The van der Waals surface area contributed by atoms with E-state index in [-0.39, 0.29) is 5.91 Å². The number of hydrogen-bond donors (Lipinski definition) is 1. The predicted molar refractivity (Wildman–Crippen MR) is 136 cm³/mol. The van der Waals surface area contributed by atoms with Gasteiger partial charge in [0.05, 0.1) is 23.1 Å². The minimum Gasteiger partial charge on any atom is -0.366 e. The van der Waals surface area contributed by atoms with Gasteiger partial charge >= 0.3 is 0 Å². The first-order valence-corrected chi connectivity index (χ1v) is 11.8. The van der Waals surface area contributed by atoms with Crippen LogP contribution in [0.25, 0.3) is 0 Å². The molecule has 2 aromatic heterocycles. The topological polar surface area (TPSA) is 86.6 Å². The van der Waals surface area contributed by atoms with Gasteiger partial charge < -0.3 is 15.1 Å². The molecule has 5 rings (SSSR count). The van der Waals surface area contributed by atoms with E-state index in [2.05, 4.69) is 61.0 Å². The fourth-order valence-corrected chi connectivity index (χ4v) is 4.40. The lowest BCUT2D eigenvalue weighted by Crippen LogP contribution is -2.47. The average molecular weight is 456 g/mol. The summed E-state index contributed by atoms with van der Waals surface area (Å²) in [6.07, 6.45) is 10.4. The molecule has 0 bridgehead atoms. The highest BCUT2D eigenvalue weighted by Crippen LogP contribution is 2.32. The van der Waals surface area contributed by atoms with Gasteiger partial charge in [0.2, 0.25) is 0 Å². The molecule has 0 radical (unpaired) electrons. The van der Waals surface area contributed by atoms with Gasteiger partial charge in [-0.05, 0) is 48.1 Å². The third kappa shape index (κ3) is 4.62. The van der Waals surface area contributed by atoms with E-state index >= 15 is 0 Å². The quantitative estimate of drug-likeness (QED) is 0.620. The summed E-state index contributed by atoms with van der Waals surface area (Å²) in [7, 11) is 0. The number of nitrogens with zero attached hydrogens (tertiary/aromatic N) is 6. The summed E-state index contributed by atoms with van der Waals surface area (Å²) < 4.78 is 0. The third-order valence-electron chi connectivity index (χ3n) is 6.39. The molecule has 0 spiro atoms. The van der Waals surface area contributed by atoms with Crippen molar-refractivity contribution in [2.24, 2.45) is 4.99 Å². The molecule has 1 N–H and O–H groups in total. The van der Waals surface area contributed by atoms with E-state index in [0.717, 1.165) is 61.8 Å². The molecule has 8 heteroatoms. The molecule has 1 saturated heterocycles. The molecule has 2 aliphatic rings. The number of carbonyl (C=O) groups is 1. The van der Waals surface area contributed by atoms with Crippen LogP contribution in [0.5, 0.6) is 0 Å². The Morgan fingerprint density at radius 2 is 1.82 bits per heavy atom. The molecule has 8 nitrogen and oxygen atoms in total. The van der Waals surface area contributed by atoms with Crippen LogP contribution in [0.4, 0.5) is 23.0 Å². The van der Waals surface area contributed by atoms with Crippen LogP contribution in [0, 0.1) is 0 Å². The van der Waals surface area contributed by atoms with Crippen molar-refractivity contribution in [2.45, 2.75) is 32.6 Å². The van der Waals surface area contributed by atoms with Gasteiger partial charge in [-0.15, -0.1) is 0 Å². The number of hydrogen-bond acceptors (Lipinski definition) is 7. The van der Waals surface area contributed by atoms with E-state index in [1.807, 2.05) is 18.3 Å². The third-order valence-corrected chi connectivity index (χ3v) is 6.39. The zero-order valence-electron chi connectivity index (χ0n) is 19.6. The van der Waals surface area contributed by atoms with Crippen LogP contribution < -0.4 is 15.1 Å². The second kappa shape index (κ2) is 9.59. The molecule has 1 aromatic carbocycles. The van der Waals surface area contributed by atoms with Crippen molar-refractivity contribution in [2.75, 3.05) is 41.3 Å². The summed E-state index contributed by atoms with van der Waals surface area (Å²) >= 11 is 0. The molecule has 3 aromatic rings. The Hall–Kier alpha value is -3.81. The number of aryl methyl sites for hydroxylation is 1. The summed E-state index contributed by atoms with van der Waals surface area (Å²) in [5, 5.41) is 3.14. The molecule has 1 amide bonds. The Bertz CT molecular complexity index is 1200. The van der Waals surface area contributed by atoms with E-state index in [9.17, 15) is 4.79 Å². The van der Waals surface area contributed by atoms with E-state index in [1.165, 1.54) is 5.56 Å². The summed E-state index contributed by atoms with van der Waals surface area (Å²) in [6.45, 7) is 7.72. The first-order valence-electron chi connectivity index (χ1n) is 11.8. The highest BCUT2D eigenvalue weighted by Gasteiger charge is 2.22. The van der Waals surface area contributed by atoms with Gasteiger partial charge in [0, 0.05) is 51.0 Å². The number of pyridine rings is 1. The Kier molecular flexibility index (Phi) is 6.20. The number of anilines is 3. The second-order valence-electron chi connectivity index (χ2n) is 8.98. The number of aromatic nitrogens is 3. The normalized spacial score (nSPS) is 15.4. The van der Waals surface area contributed by atoms with Gasteiger partial charge in [0.15, 0.2) is 5.82 Å². The summed E-state index contributed by atoms with van der Waals surface area (Å²) in [5.74, 6) is 1.86. The number of piperazine rings is 1. The summed E-state index contributed by atoms with van der Waals surface area (Å²) in [4.78, 5) is 35.1. The van der Waals surface area contributed by atoms with E-state index in [1.54, 1.807) is 24.8 Å². The Morgan fingerprint density at radius 3 is 2.59 bits per heavy atom. The van der Waals surface area contributed by atoms with Crippen LogP contribution in [0.1, 0.15) is 47.7 Å². The Morgan fingerprint density at radius 1 is 1.00 bits per heavy atom. The summed E-state index contributed by atoms with van der Waals surface area (Å²) in [5.41, 5.74) is 4.69. The van der Waals surface area contributed by atoms with Crippen molar-refractivity contribution >= 4 is 35.1 Å². The lowest BCUT2D eigenvalue weighted by Gasteiger charge is -2.37. The van der Waals surface area contributed by atoms with E-state index < -0.39 is 0 Å². The maximum absolute atomic E-state index is 13.2. The van der Waals surface area contributed by atoms with Gasteiger partial charge in [0.25, 0.3) is 5.91 Å². The van der Waals surface area contributed by atoms with Gasteiger partial charge in [-0.25, -0.2) is 15.0 Å². The molecule has 4 heterocycles. The number of aliphatic imine (C=N–C) groups is 1. The molecule has 174 valence electrons. The fourth-order valence-electron chi connectivity index (χ4n) is 4.40. The number of benzene rings is 1. The van der Waals surface area contributed by atoms with Crippen LogP contribution in [0.2, 0.25) is 0 Å². The predicted octanol–water partition coefficient (Wildman–Crippen LogP) is 4.22. The Labute approximate surface area is 199 Å². The fraction of sp³-hybridized carbons (Fsp3) is 0.346. The molecule has 2 aliphatic heterocycles. The summed E-state index contributed by atoms with van der Waals surface area (Å²) in [6, 6.07) is 8.24. The lowest BCUT2D eigenvalue weighted by molar-refractivity contribution is 0.102. The first kappa shape index (κ1) is 22.0. The van der Waals surface area contributed by atoms with Crippen LogP contribution in [0.15, 0.2) is 54.0 Å². The number of carbonyl (C=O) groups excluding carboxylic acids is 1. The highest BCUT2D eigenvalue weighted by molar-refractivity contribution is 6.06. The van der Waals surface area contributed by atoms with Crippen molar-refractivity contribution in [1.29, 1.82) is 0 Å². The van der Waals surface area contributed by atoms with Crippen LogP contribution in [-0.4, -0.2) is 53.3 Å². The number of nitrogens with one attached hydrogen (secondary N) is 1. The van der Waals surface area contributed by atoms with Crippen molar-refractivity contribution in [3.8, 4) is 0 Å². The monoisotopic (exact) mass is 455 g/mol. The zero-order chi connectivity index (χ0) is 23.5. The largest absolute Gasteiger partial charge is 0.366 e. The van der Waals surface area contributed by atoms with Crippen molar-refractivity contribution < 1.29 is 4.79 Å². The SMILES string of the molecule is CC(C)c1ccc(NC(=O)c2cnc3c(c2)CCC=N3)c(N2CCN(c3cnccn3)CC2)c1. The van der Waals surface area contributed by atoms with Gasteiger partial charge in [-0.1, -0.05) is 19.9 Å². The molecular weight excluding hydrogens is 426 g/mol. The van der Waals surface area contributed by atoms with Crippen LogP contribution in [-0.2, 0) is 6.42 Å². The molecular formula is C26H29N7O. The molecule has 0 atom stereocenters. The second-order valence-corrected chi connectivity index (χ2v) is 8.98. The van der Waals surface area contributed by atoms with Crippen molar-refractivity contribution in [3.05, 3.63) is 65.7 Å². The number of amides is 1. The standard InChI is InChI=1S/C26H29N7O/c1-18(2)19-5-6-22(31-26(34)21-14-20-4-3-7-29-25(20)30-16-21)23(15-19)32-10-12-33(13-11-32)24-17-27-8-9-28-24/h5-9,14-18H,3-4,10-13H2,1-2H3,(H,31,34). The van der Waals surface area contributed by atoms with Gasteiger partial charge in [0.1, 0.15) is 5.82 Å². The maximum Gasteiger partial charge on any atom is 0.257 e. The van der Waals surface area contributed by atoms with E-state index in [0.29, 0.717) is 17.3 Å². The average Bonchev–Trinajstić information content (AvgIpc) is 2.89. The smallest absolute Gasteiger partial charge is 0.257 e. The minimum atomic E-state index is -0.151. The highest BCUT2D eigenvalue weighted by atomic mass is 16.1. The maximum atomic E-state index is 13.2. The van der Waals surface area contributed by atoms with E-state index in [4.69, 9.17) is 0 Å². The van der Waals surface area contributed by atoms with Gasteiger partial charge in [-0.2, -0.15) is 0 Å². The van der Waals surface area contributed by atoms with Crippen LogP contribution in [0.3, 0.4) is 0 Å². The lowest BCUT2D eigenvalue weighted by atomic mass is 10.0. The molecule has 34 heavy (non-hydrogen) atoms. The van der Waals surface area contributed by atoms with Gasteiger partial charge in [-0.3, -0.25) is 9.78 Å². The number of rotatable bonds is 5. The Balaban J connectivity index is 1.37. The zero-order valence-corrected chi connectivity index (χ0v) is 19.6. The molecule has 0 saturated carbocycles. The van der Waals surface area contributed by atoms with Crippen LogP contribution >= 0.6 is 0 Å². The molecule has 0 unspecified atom stereocenters. The first-order chi connectivity index (χ1) is 16.6. The molecule has 1 fully saturated rings. The van der Waals surface area contributed by atoms with Crippen molar-refractivity contribution in [3.63, 3.8) is 0 Å². The minimum absolute atomic E-state index is 0.151. The molecule has 0 aliphatic carbocycles. The van der Waals surface area contributed by atoms with Crippen molar-refractivity contribution in [1.82, 2.24) is 15.0 Å². The number of fused-ring (bicyclic) bond motifs is 1.